The van der Waals surface area contributed by atoms with Crippen molar-refractivity contribution >= 4 is 13.4 Å². The number of rotatable bonds is 23. The molecule has 1 aliphatic heterocycles. The number of methoxy groups -OCH3 is 2. The number of nitriles is 1. The number of aromatic amines is 1. The lowest BCUT2D eigenvalue weighted by molar-refractivity contribution is -0.384. The molecule has 1 fully saturated rings. The fourth-order valence-electron chi connectivity index (χ4n) is 7.95. The summed E-state index contributed by atoms with van der Waals surface area (Å²) < 4.78 is 68.4. The molecule has 0 radical (unpaired) electrons. The normalized spacial score (nSPS) is 18.3. The van der Waals surface area contributed by atoms with Crippen LogP contribution in [0, 0.1) is 21.4 Å². The molecule has 6 rings (SSSR count). The van der Waals surface area contributed by atoms with E-state index in [0.717, 1.165) is 16.2 Å². The maximum Gasteiger partial charge on any atom is 0.409 e. The fourth-order valence-corrected chi connectivity index (χ4v) is 10.3. The molecule has 0 saturated carbocycles. The van der Waals surface area contributed by atoms with Gasteiger partial charge in [0, 0.05) is 36.5 Å². The van der Waals surface area contributed by atoms with E-state index in [0.29, 0.717) is 28.2 Å². The van der Waals surface area contributed by atoms with E-state index in [1.54, 1.807) is 31.0 Å². The molecule has 5 atom stereocenters. The number of aromatic nitrogens is 2. The maximum atomic E-state index is 15.5. The standard InChI is InChI=1S/C47H54N5O13P/c1-32(2)51(33(3)4)66(57,63-28-10-26-48)65-43-41(64-45(50-27-25-42(53)49-46(50)54)44(43)61-31-60-29-34-13-19-38(20-14-34)52(55)56)30-62-47(35-11-8-7-9-12-35,36-15-21-39(58-5)22-16-36)37-17-23-40(59-6)24-18-37/h7-9,11-25,27,32-33,41,43-45H,10,28-31H2,1-6H3,(H,49,53,54)/t41-,43-,44-,45-,66?/m1/s1. The van der Waals surface area contributed by atoms with Crippen molar-refractivity contribution < 1.29 is 47.0 Å². The van der Waals surface area contributed by atoms with E-state index in [-0.39, 0.29) is 31.9 Å². The summed E-state index contributed by atoms with van der Waals surface area (Å²) in [5.41, 5.74) is -0.199. The molecule has 66 heavy (non-hydrogen) atoms. The number of nitro groups is 1. The van der Waals surface area contributed by atoms with Crippen LogP contribution >= 0.6 is 7.75 Å². The van der Waals surface area contributed by atoms with Gasteiger partial charge in [-0.25, -0.2) is 14.0 Å². The van der Waals surface area contributed by atoms with Gasteiger partial charge >= 0.3 is 13.4 Å². The Morgan fingerprint density at radius 2 is 1.45 bits per heavy atom. The summed E-state index contributed by atoms with van der Waals surface area (Å²) in [6.07, 6.45) is -4.04. The Morgan fingerprint density at radius 3 is 1.98 bits per heavy atom. The Morgan fingerprint density at radius 1 is 0.864 bits per heavy atom. The highest BCUT2D eigenvalue weighted by Gasteiger charge is 2.54. The van der Waals surface area contributed by atoms with Crippen LogP contribution in [0.25, 0.3) is 0 Å². The van der Waals surface area contributed by atoms with Gasteiger partial charge in [0.15, 0.2) is 6.23 Å². The van der Waals surface area contributed by atoms with Crippen molar-refractivity contribution in [2.75, 3.05) is 34.2 Å². The van der Waals surface area contributed by atoms with Crippen LogP contribution in [0.4, 0.5) is 5.69 Å². The lowest BCUT2D eigenvalue weighted by atomic mass is 9.80. The number of hydrogen-bond donors (Lipinski definition) is 1. The van der Waals surface area contributed by atoms with Crippen LogP contribution < -0.4 is 20.7 Å². The Labute approximate surface area is 382 Å². The average molecular weight is 928 g/mol. The number of non-ortho nitro benzene ring substituents is 1. The summed E-state index contributed by atoms with van der Waals surface area (Å²) >= 11 is 0. The summed E-state index contributed by atoms with van der Waals surface area (Å²) in [5.74, 6) is 1.22. The van der Waals surface area contributed by atoms with Crippen LogP contribution in [-0.4, -0.2) is 83.8 Å². The lowest BCUT2D eigenvalue weighted by Gasteiger charge is -2.39. The minimum Gasteiger partial charge on any atom is -0.497 e. The average Bonchev–Trinajstić information content (AvgIpc) is 3.63. The highest BCUT2D eigenvalue weighted by atomic mass is 31.2. The molecule has 1 saturated heterocycles. The van der Waals surface area contributed by atoms with E-state index in [2.05, 4.69) is 4.98 Å². The summed E-state index contributed by atoms with van der Waals surface area (Å²) in [5, 5.41) is 20.7. The van der Waals surface area contributed by atoms with Crippen LogP contribution in [0.1, 0.15) is 62.6 Å². The van der Waals surface area contributed by atoms with Crippen LogP contribution in [0.5, 0.6) is 11.5 Å². The number of ether oxygens (including phenoxy) is 6. The minimum absolute atomic E-state index is 0.0273. The molecule has 5 aromatic rings. The van der Waals surface area contributed by atoms with Gasteiger partial charge in [0.25, 0.3) is 11.2 Å². The third-order valence-electron chi connectivity index (χ3n) is 10.9. The Bertz CT molecular complexity index is 2510. The molecular formula is C47H54N5O13P. The van der Waals surface area contributed by atoms with Crippen LogP contribution in [0.3, 0.4) is 0 Å². The predicted octanol–water partition coefficient (Wildman–Crippen LogP) is 7.47. The summed E-state index contributed by atoms with van der Waals surface area (Å²) in [4.78, 5) is 38.9. The highest BCUT2D eigenvalue weighted by molar-refractivity contribution is 7.51. The smallest absolute Gasteiger partial charge is 0.409 e. The molecule has 0 spiro atoms. The predicted molar refractivity (Wildman–Crippen MR) is 242 cm³/mol. The number of hydrogen-bond acceptors (Lipinski definition) is 14. The van der Waals surface area contributed by atoms with Crippen molar-refractivity contribution in [3.05, 3.63) is 169 Å². The van der Waals surface area contributed by atoms with Gasteiger partial charge in [-0.1, -0.05) is 54.6 Å². The second kappa shape index (κ2) is 22.5. The van der Waals surface area contributed by atoms with E-state index in [4.69, 9.17) is 37.5 Å². The molecule has 1 N–H and O–H groups in total. The third-order valence-corrected chi connectivity index (χ3v) is 13.4. The Kier molecular flexibility index (Phi) is 16.8. The van der Waals surface area contributed by atoms with Crippen LogP contribution in [-0.2, 0) is 44.8 Å². The lowest BCUT2D eigenvalue weighted by Crippen LogP contribution is -2.44. The van der Waals surface area contributed by atoms with Gasteiger partial charge in [-0.05, 0) is 86.3 Å². The zero-order valence-corrected chi connectivity index (χ0v) is 38.4. The monoisotopic (exact) mass is 927 g/mol. The van der Waals surface area contributed by atoms with Crippen molar-refractivity contribution in [2.24, 2.45) is 0 Å². The van der Waals surface area contributed by atoms with Crippen molar-refractivity contribution in [2.45, 2.75) is 82.9 Å². The second-order valence-corrected chi connectivity index (χ2v) is 17.6. The minimum atomic E-state index is -4.39. The Hall–Kier alpha value is -6.00. The van der Waals surface area contributed by atoms with Gasteiger partial charge in [0.2, 0.25) is 0 Å². The Balaban J connectivity index is 1.48. The SMILES string of the molecule is COc1ccc(C(OC[C@H]2O[C@@H](n3ccc(=O)[nH]c3=O)[C@H](OCOCc3ccc([N+](=O)[O-])cc3)[C@@H]2OP(=O)(OCCC#N)N(C(C)C)C(C)C)(c2ccccc2)c2ccc(OC)cc2)cc1. The molecule has 4 aromatic carbocycles. The molecule has 0 amide bonds. The quantitative estimate of drug-likeness (QED) is 0.0168. The van der Waals surface area contributed by atoms with Crippen LogP contribution in [0.15, 0.2) is 125 Å². The second-order valence-electron chi connectivity index (χ2n) is 15.8. The summed E-state index contributed by atoms with van der Waals surface area (Å²) in [7, 11) is -1.25. The van der Waals surface area contributed by atoms with Gasteiger partial charge in [0.1, 0.15) is 42.2 Å². The van der Waals surface area contributed by atoms with Gasteiger partial charge in [-0.3, -0.25) is 33.5 Å². The first-order valence-corrected chi connectivity index (χ1v) is 22.7. The van der Waals surface area contributed by atoms with Crippen molar-refractivity contribution in [3.8, 4) is 17.6 Å². The van der Waals surface area contributed by atoms with E-state index < -0.39 is 72.9 Å². The van der Waals surface area contributed by atoms with E-state index in [1.807, 2.05) is 113 Å². The molecule has 19 heteroatoms. The first kappa shape index (κ1) is 49.4. The fraction of sp³-hybridized carbons (Fsp3) is 0.383. The van der Waals surface area contributed by atoms with Gasteiger partial charge in [0.05, 0.1) is 51.5 Å². The first-order chi connectivity index (χ1) is 31.7. The highest BCUT2D eigenvalue weighted by Crippen LogP contribution is 2.58. The van der Waals surface area contributed by atoms with Gasteiger partial charge < -0.3 is 28.4 Å². The molecule has 1 aromatic heterocycles. The van der Waals surface area contributed by atoms with Gasteiger partial charge in [-0.15, -0.1) is 0 Å². The van der Waals surface area contributed by atoms with Gasteiger partial charge in [-0.2, -0.15) is 5.26 Å². The van der Waals surface area contributed by atoms with Crippen LogP contribution in [0.2, 0.25) is 0 Å². The summed E-state index contributed by atoms with van der Waals surface area (Å²) in [6.45, 7) is 6.32. The largest absolute Gasteiger partial charge is 0.497 e. The van der Waals surface area contributed by atoms with Crippen molar-refractivity contribution in [1.82, 2.24) is 14.2 Å². The topological polar surface area (TPSA) is 216 Å². The molecular weight excluding hydrogens is 874 g/mol. The van der Waals surface area contributed by atoms with E-state index in [1.165, 1.54) is 18.3 Å². The molecule has 2 heterocycles. The number of nitrogens with one attached hydrogen (secondary N) is 1. The molecule has 350 valence electrons. The molecule has 0 aliphatic carbocycles. The number of nitrogens with zero attached hydrogens (tertiary/aromatic N) is 4. The molecule has 1 aliphatic rings. The zero-order valence-electron chi connectivity index (χ0n) is 37.5. The number of benzene rings is 4. The first-order valence-electron chi connectivity index (χ1n) is 21.2. The number of H-pyrrole nitrogens is 1. The molecule has 1 unspecified atom stereocenters. The third kappa shape index (κ3) is 11.3. The van der Waals surface area contributed by atoms with E-state index >= 15 is 4.57 Å². The van der Waals surface area contributed by atoms with Crippen molar-refractivity contribution in [1.29, 1.82) is 5.26 Å². The van der Waals surface area contributed by atoms with Crippen molar-refractivity contribution in [3.63, 3.8) is 0 Å². The zero-order chi connectivity index (χ0) is 47.4. The van der Waals surface area contributed by atoms with E-state index in [9.17, 15) is 25.0 Å². The molecule has 0 bridgehead atoms. The molecule has 18 nitrogen and oxygen atoms in total. The maximum absolute atomic E-state index is 15.5. The summed E-state index contributed by atoms with van der Waals surface area (Å²) in [6, 6.07) is 32.5. The number of nitro benzene ring substituents is 1.